The Bertz CT molecular complexity index is 908. The zero-order valence-corrected chi connectivity index (χ0v) is 15.6. The molecular weight excluding hydrogens is 334 g/mol. The molecule has 1 aromatic heterocycles. The normalized spacial score (nSPS) is 20.0. The summed E-state index contributed by atoms with van der Waals surface area (Å²) < 4.78 is 0. The molecule has 4 heteroatoms. The zero-order chi connectivity index (χ0) is 18.6. The van der Waals surface area contributed by atoms with Crippen molar-refractivity contribution in [2.75, 3.05) is 6.54 Å². The highest BCUT2D eigenvalue weighted by Crippen LogP contribution is 2.36. The van der Waals surface area contributed by atoms with Crippen LogP contribution >= 0.6 is 0 Å². The van der Waals surface area contributed by atoms with Crippen LogP contribution in [0.5, 0.6) is 0 Å². The fourth-order valence-corrected chi connectivity index (χ4v) is 4.31. The maximum absolute atomic E-state index is 11.5. The molecule has 1 amide bonds. The van der Waals surface area contributed by atoms with Crippen LogP contribution < -0.4 is 11.1 Å². The van der Waals surface area contributed by atoms with E-state index in [1.165, 1.54) is 36.8 Å². The molecular formula is C23H27N3O. The molecule has 0 bridgehead atoms. The Labute approximate surface area is 160 Å². The summed E-state index contributed by atoms with van der Waals surface area (Å²) in [5, 5.41) is 4.87. The first-order valence-electron chi connectivity index (χ1n) is 9.89. The molecule has 0 radical (unpaired) electrons. The van der Waals surface area contributed by atoms with Gasteiger partial charge >= 0.3 is 0 Å². The molecule has 0 spiro atoms. The summed E-state index contributed by atoms with van der Waals surface area (Å²) in [5.74, 6) is 0.185. The smallest absolute Gasteiger partial charge is 0.248 e. The molecule has 4 rings (SSSR count). The van der Waals surface area contributed by atoms with Crippen LogP contribution in [0.15, 0.2) is 54.7 Å². The lowest BCUT2D eigenvalue weighted by Crippen LogP contribution is -2.34. The molecule has 0 saturated heterocycles. The molecule has 2 aromatic carbocycles. The average Bonchev–Trinajstić information content (AvgIpc) is 3.12. The predicted octanol–water partition coefficient (Wildman–Crippen LogP) is 4.13. The van der Waals surface area contributed by atoms with E-state index in [0.29, 0.717) is 17.5 Å². The van der Waals surface area contributed by atoms with Gasteiger partial charge in [0.2, 0.25) is 5.91 Å². The van der Waals surface area contributed by atoms with Gasteiger partial charge < -0.3 is 16.0 Å². The maximum Gasteiger partial charge on any atom is 0.248 e. The van der Waals surface area contributed by atoms with Crippen molar-refractivity contribution in [2.45, 2.75) is 44.1 Å². The van der Waals surface area contributed by atoms with Crippen LogP contribution in [0, 0.1) is 0 Å². The van der Waals surface area contributed by atoms with Crippen molar-refractivity contribution in [3.8, 4) is 0 Å². The van der Waals surface area contributed by atoms with Crippen LogP contribution in [0.4, 0.5) is 0 Å². The first kappa shape index (κ1) is 17.8. The molecule has 140 valence electrons. The minimum Gasteiger partial charge on any atom is -0.366 e. The van der Waals surface area contributed by atoms with E-state index in [2.05, 4.69) is 46.8 Å². The number of benzene rings is 2. The minimum atomic E-state index is -0.365. The summed E-state index contributed by atoms with van der Waals surface area (Å²) in [4.78, 5) is 14.9. The second kappa shape index (κ2) is 7.97. The van der Waals surface area contributed by atoms with Crippen LogP contribution in [0.1, 0.15) is 53.1 Å². The van der Waals surface area contributed by atoms with Gasteiger partial charge in [-0.05, 0) is 73.9 Å². The third-order valence-electron chi connectivity index (χ3n) is 5.85. The van der Waals surface area contributed by atoms with E-state index in [1.54, 1.807) is 6.07 Å². The monoisotopic (exact) mass is 361 g/mol. The predicted molar refractivity (Wildman–Crippen MR) is 110 cm³/mol. The van der Waals surface area contributed by atoms with Crippen molar-refractivity contribution in [2.24, 2.45) is 5.73 Å². The Balaban J connectivity index is 1.34. The van der Waals surface area contributed by atoms with Crippen molar-refractivity contribution < 1.29 is 4.79 Å². The molecule has 1 aliphatic carbocycles. The molecule has 0 aliphatic heterocycles. The number of rotatable bonds is 6. The lowest BCUT2D eigenvalue weighted by molar-refractivity contribution is 0.100. The lowest BCUT2D eigenvalue weighted by atomic mass is 9.81. The SMILES string of the molecule is NC(=O)c1ccc2[nH]cc(C3CCC(NCCc4ccccc4)CC3)c2c1. The summed E-state index contributed by atoms with van der Waals surface area (Å²) in [7, 11) is 0. The molecule has 4 N–H and O–H groups in total. The van der Waals surface area contributed by atoms with Crippen molar-refractivity contribution in [1.82, 2.24) is 10.3 Å². The van der Waals surface area contributed by atoms with Gasteiger partial charge in [-0.1, -0.05) is 30.3 Å². The van der Waals surface area contributed by atoms with Crippen molar-refractivity contribution in [1.29, 1.82) is 0 Å². The number of carbonyl (C=O) groups is 1. The molecule has 1 fully saturated rings. The Morgan fingerprint density at radius 3 is 2.59 bits per heavy atom. The highest BCUT2D eigenvalue weighted by atomic mass is 16.1. The van der Waals surface area contributed by atoms with Gasteiger partial charge in [0.25, 0.3) is 0 Å². The number of hydrogen-bond donors (Lipinski definition) is 3. The summed E-state index contributed by atoms with van der Waals surface area (Å²) in [6.07, 6.45) is 7.94. The van der Waals surface area contributed by atoms with E-state index < -0.39 is 0 Å². The number of nitrogens with one attached hydrogen (secondary N) is 2. The molecule has 0 unspecified atom stereocenters. The Hall–Kier alpha value is -2.59. The highest BCUT2D eigenvalue weighted by molar-refractivity contribution is 5.97. The number of amides is 1. The van der Waals surface area contributed by atoms with Crippen LogP contribution in [0.3, 0.4) is 0 Å². The maximum atomic E-state index is 11.5. The summed E-state index contributed by atoms with van der Waals surface area (Å²) >= 11 is 0. The molecule has 1 heterocycles. The number of H-pyrrole nitrogens is 1. The molecule has 1 aliphatic rings. The number of hydrogen-bond acceptors (Lipinski definition) is 2. The molecule has 4 nitrogen and oxygen atoms in total. The molecule has 3 aromatic rings. The first-order chi connectivity index (χ1) is 13.2. The largest absolute Gasteiger partial charge is 0.366 e. The van der Waals surface area contributed by atoms with Crippen molar-refractivity contribution in [3.63, 3.8) is 0 Å². The van der Waals surface area contributed by atoms with E-state index in [0.717, 1.165) is 23.9 Å². The number of fused-ring (bicyclic) bond motifs is 1. The van der Waals surface area contributed by atoms with E-state index in [1.807, 2.05) is 12.1 Å². The van der Waals surface area contributed by atoms with Crippen LogP contribution in [0.2, 0.25) is 0 Å². The van der Waals surface area contributed by atoms with Crippen LogP contribution in [-0.4, -0.2) is 23.5 Å². The number of primary amides is 1. The second-order valence-corrected chi connectivity index (χ2v) is 7.61. The van der Waals surface area contributed by atoms with Gasteiger partial charge in [0.05, 0.1) is 0 Å². The standard InChI is InChI=1S/C23H27N3O/c24-23(27)18-8-11-22-20(14-18)21(15-26-22)17-6-9-19(10-7-17)25-13-12-16-4-2-1-3-5-16/h1-5,8,11,14-15,17,19,25-26H,6-7,9-10,12-13H2,(H2,24,27). The summed E-state index contributed by atoms with van der Waals surface area (Å²) in [6.45, 7) is 1.04. The van der Waals surface area contributed by atoms with E-state index in [-0.39, 0.29) is 5.91 Å². The van der Waals surface area contributed by atoms with Gasteiger partial charge in [-0.2, -0.15) is 0 Å². The van der Waals surface area contributed by atoms with E-state index in [4.69, 9.17) is 5.73 Å². The third kappa shape index (κ3) is 4.06. The van der Waals surface area contributed by atoms with E-state index in [9.17, 15) is 4.79 Å². The van der Waals surface area contributed by atoms with Gasteiger partial charge in [-0.25, -0.2) is 0 Å². The Morgan fingerprint density at radius 2 is 1.85 bits per heavy atom. The lowest BCUT2D eigenvalue weighted by Gasteiger charge is -2.29. The zero-order valence-electron chi connectivity index (χ0n) is 15.6. The minimum absolute atomic E-state index is 0.365. The second-order valence-electron chi connectivity index (χ2n) is 7.61. The third-order valence-corrected chi connectivity index (χ3v) is 5.85. The highest BCUT2D eigenvalue weighted by Gasteiger charge is 2.24. The molecule has 27 heavy (non-hydrogen) atoms. The van der Waals surface area contributed by atoms with Crippen LogP contribution in [0.25, 0.3) is 10.9 Å². The van der Waals surface area contributed by atoms with E-state index >= 15 is 0 Å². The van der Waals surface area contributed by atoms with Gasteiger partial charge in [-0.15, -0.1) is 0 Å². The van der Waals surface area contributed by atoms with Crippen LogP contribution in [-0.2, 0) is 6.42 Å². The number of aromatic amines is 1. The Morgan fingerprint density at radius 1 is 1.07 bits per heavy atom. The average molecular weight is 361 g/mol. The van der Waals surface area contributed by atoms with Gasteiger partial charge in [-0.3, -0.25) is 4.79 Å². The first-order valence-corrected chi connectivity index (χ1v) is 9.89. The Kier molecular flexibility index (Phi) is 5.26. The number of carbonyl (C=O) groups excluding carboxylic acids is 1. The number of aromatic nitrogens is 1. The van der Waals surface area contributed by atoms with Crippen molar-refractivity contribution >= 4 is 16.8 Å². The number of nitrogens with two attached hydrogens (primary N) is 1. The fraction of sp³-hybridized carbons (Fsp3) is 0.348. The van der Waals surface area contributed by atoms with Crippen molar-refractivity contribution in [3.05, 3.63) is 71.4 Å². The molecule has 1 saturated carbocycles. The topological polar surface area (TPSA) is 70.9 Å². The van der Waals surface area contributed by atoms with Gasteiger partial charge in [0, 0.05) is 28.7 Å². The quantitative estimate of drug-likeness (QED) is 0.618. The molecule has 0 atom stereocenters. The van der Waals surface area contributed by atoms with Gasteiger partial charge in [0.15, 0.2) is 0 Å². The fourth-order valence-electron chi connectivity index (χ4n) is 4.31. The summed E-state index contributed by atoms with van der Waals surface area (Å²) in [6, 6.07) is 16.9. The van der Waals surface area contributed by atoms with Gasteiger partial charge in [0.1, 0.15) is 0 Å². The summed E-state index contributed by atoms with van der Waals surface area (Å²) in [5.41, 5.74) is 9.84.